The van der Waals surface area contributed by atoms with Crippen molar-refractivity contribution in [2.45, 2.75) is 19.6 Å². The number of benzene rings is 2. The molecule has 0 aliphatic heterocycles. The highest BCUT2D eigenvalue weighted by molar-refractivity contribution is 5.44. The van der Waals surface area contributed by atoms with Crippen LogP contribution in [-0.4, -0.2) is 73.5 Å². The lowest BCUT2D eigenvalue weighted by molar-refractivity contribution is 0.0291. The highest BCUT2D eigenvalue weighted by Gasteiger charge is 2.22. The highest BCUT2D eigenvalue weighted by atomic mass is 16.5. The second-order valence-corrected chi connectivity index (χ2v) is 7.73. The lowest BCUT2D eigenvalue weighted by Crippen LogP contribution is -2.36. The van der Waals surface area contributed by atoms with Crippen molar-refractivity contribution in [3.8, 4) is 23.1 Å². The number of aliphatic hydroxyl groups excluding tert-OH is 1. The van der Waals surface area contributed by atoms with Gasteiger partial charge in [0.25, 0.3) is 0 Å². The van der Waals surface area contributed by atoms with E-state index >= 15 is 0 Å². The molecule has 0 spiro atoms. The van der Waals surface area contributed by atoms with Crippen molar-refractivity contribution in [2.24, 2.45) is 0 Å². The predicted molar refractivity (Wildman–Crippen MR) is 126 cm³/mol. The number of methoxy groups -OCH3 is 3. The molecular weight excluding hydrogens is 422 g/mol. The number of ether oxygens (including phenoxy) is 4. The van der Waals surface area contributed by atoms with Crippen molar-refractivity contribution in [3.63, 3.8) is 0 Å². The summed E-state index contributed by atoms with van der Waals surface area (Å²) in [5, 5.41) is 15.1. The summed E-state index contributed by atoms with van der Waals surface area (Å²) in [7, 11) is 4.88. The zero-order chi connectivity index (χ0) is 23.6. The SMILES string of the molecule is COCCN(Cc1c(C)nn(-c2ccccc2)c1Oc1ccc(OC)cc1)C[C@@H](O)COC. The molecule has 3 aromatic rings. The summed E-state index contributed by atoms with van der Waals surface area (Å²) in [4.78, 5) is 2.12. The van der Waals surface area contributed by atoms with Crippen molar-refractivity contribution < 1.29 is 24.1 Å². The van der Waals surface area contributed by atoms with E-state index in [9.17, 15) is 5.11 Å². The van der Waals surface area contributed by atoms with Gasteiger partial charge in [0.15, 0.2) is 0 Å². The molecule has 1 heterocycles. The minimum Gasteiger partial charge on any atom is -0.497 e. The van der Waals surface area contributed by atoms with E-state index in [0.717, 1.165) is 22.7 Å². The third kappa shape index (κ3) is 6.79. The Balaban J connectivity index is 1.96. The van der Waals surface area contributed by atoms with E-state index in [4.69, 9.17) is 24.0 Å². The molecule has 178 valence electrons. The minimum absolute atomic E-state index is 0.265. The van der Waals surface area contributed by atoms with Crippen molar-refractivity contribution in [3.05, 3.63) is 65.9 Å². The number of aromatic nitrogens is 2. The monoisotopic (exact) mass is 455 g/mol. The van der Waals surface area contributed by atoms with Gasteiger partial charge in [0.2, 0.25) is 5.88 Å². The van der Waals surface area contributed by atoms with E-state index in [0.29, 0.717) is 37.9 Å². The number of hydrogen-bond acceptors (Lipinski definition) is 7. The topological polar surface area (TPSA) is 78.2 Å². The normalized spacial score (nSPS) is 12.2. The van der Waals surface area contributed by atoms with E-state index < -0.39 is 6.10 Å². The largest absolute Gasteiger partial charge is 0.497 e. The van der Waals surface area contributed by atoms with Crippen molar-refractivity contribution in [1.82, 2.24) is 14.7 Å². The van der Waals surface area contributed by atoms with Crippen LogP contribution in [0.15, 0.2) is 54.6 Å². The molecule has 1 atom stereocenters. The van der Waals surface area contributed by atoms with Crippen LogP contribution in [0.3, 0.4) is 0 Å². The molecule has 1 aromatic heterocycles. The number of para-hydroxylation sites is 1. The number of aliphatic hydroxyl groups is 1. The molecule has 8 heteroatoms. The molecule has 0 saturated heterocycles. The molecule has 33 heavy (non-hydrogen) atoms. The molecule has 8 nitrogen and oxygen atoms in total. The van der Waals surface area contributed by atoms with Crippen LogP contribution in [0.2, 0.25) is 0 Å². The van der Waals surface area contributed by atoms with Gasteiger partial charge in [0, 0.05) is 33.9 Å². The second-order valence-electron chi connectivity index (χ2n) is 7.73. The van der Waals surface area contributed by atoms with E-state index in [-0.39, 0.29) is 6.61 Å². The smallest absolute Gasteiger partial charge is 0.227 e. The fourth-order valence-electron chi connectivity index (χ4n) is 3.55. The Hall–Kier alpha value is -2.91. The Morgan fingerprint density at radius 1 is 0.970 bits per heavy atom. The van der Waals surface area contributed by atoms with Gasteiger partial charge in [-0.2, -0.15) is 5.10 Å². The van der Waals surface area contributed by atoms with Crippen LogP contribution in [-0.2, 0) is 16.0 Å². The molecule has 0 amide bonds. The van der Waals surface area contributed by atoms with Crippen molar-refractivity contribution >= 4 is 0 Å². The van der Waals surface area contributed by atoms with E-state index in [1.165, 1.54) is 0 Å². The molecule has 0 aliphatic rings. The Bertz CT molecular complexity index is 976. The van der Waals surface area contributed by atoms with Gasteiger partial charge in [-0.1, -0.05) is 18.2 Å². The Morgan fingerprint density at radius 2 is 1.67 bits per heavy atom. The number of hydrogen-bond donors (Lipinski definition) is 1. The van der Waals surface area contributed by atoms with E-state index in [1.54, 1.807) is 21.3 Å². The van der Waals surface area contributed by atoms with Crippen LogP contribution < -0.4 is 9.47 Å². The maximum Gasteiger partial charge on any atom is 0.227 e. The third-order valence-electron chi connectivity index (χ3n) is 5.23. The Labute approximate surface area is 195 Å². The second kappa shape index (κ2) is 12.4. The lowest BCUT2D eigenvalue weighted by Gasteiger charge is -2.25. The summed E-state index contributed by atoms with van der Waals surface area (Å²) in [5.74, 6) is 2.07. The van der Waals surface area contributed by atoms with Crippen molar-refractivity contribution in [1.29, 1.82) is 0 Å². The maximum atomic E-state index is 10.3. The predicted octanol–water partition coefficient (Wildman–Crippen LogP) is 3.44. The molecule has 0 bridgehead atoms. The van der Waals surface area contributed by atoms with Gasteiger partial charge >= 0.3 is 0 Å². The Kier molecular flexibility index (Phi) is 9.26. The number of nitrogens with zero attached hydrogens (tertiary/aromatic N) is 3. The van der Waals surface area contributed by atoms with Gasteiger partial charge in [0.1, 0.15) is 11.5 Å². The Morgan fingerprint density at radius 3 is 2.30 bits per heavy atom. The lowest BCUT2D eigenvalue weighted by atomic mass is 10.2. The van der Waals surface area contributed by atoms with Gasteiger partial charge in [-0.15, -0.1) is 0 Å². The standard InChI is InChI=1S/C25H33N3O5/c1-19-24(17-27(14-15-30-2)16-21(29)18-31-3)25(28(26-19)20-8-6-5-7-9-20)33-23-12-10-22(32-4)11-13-23/h5-13,21,29H,14-18H2,1-4H3/t21-/m1/s1. The zero-order valence-corrected chi connectivity index (χ0v) is 19.7. The summed E-state index contributed by atoms with van der Waals surface area (Å²) in [6.07, 6.45) is -0.609. The first-order valence-electron chi connectivity index (χ1n) is 10.9. The first-order chi connectivity index (χ1) is 16.0. The van der Waals surface area contributed by atoms with Crippen LogP contribution in [0.1, 0.15) is 11.3 Å². The van der Waals surface area contributed by atoms with Crippen LogP contribution >= 0.6 is 0 Å². The quantitative estimate of drug-likeness (QED) is 0.423. The summed E-state index contributed by atoms with van der Waals surface area (Å²) in [6, 6.07) is 17.3. The molecule has 2 aromatic carbocycles. The molecule has 0 saturated carbocycles. The van der Waals surface area contributed by atoms with Crippen LogP contribution in [0.4, 0.5) is 0 Å². The molecule has 0 fully saturated rings. The first-order valence-corrected chi connectivity index (χ1v) is 10.9. The van der Waals surface area contributed by atoms with E-state index in [1.807, 2.05) is 66.2 Å². The van der Waals surface area contributed by atoms with Crippen LogP contribution in [0.5, 0.6) is 17.4 Å². The van der Waals surface area contributed by atoms with Crippen LogP contribution in [0, 0.1) is 6.92 Å². The number of aryl methyl sites for hydroxylation is 1. The average molecular weight is 456 g/mol. The van der Waals surface area contributed by atoms with E-state index in [2.05, 4.69) is 4.90 Å². The average Bonchev–Trinajstić information content (AvgIpc) is 3.13. The van der Waals surface area contributed by atoms with Gasteiger partial charge in [-0.25, -0.2) is 4.68 Å². The molecule has 0 aliphatic carbocycles. The molecule has 0 radical (unpaired) electrons. The van der Waals surface area contributed by atoms with Gasteiger partial charge in [-0.3, -0.25) is 4.90 Å². The molecule has 1 N–H and O–H groups in total. The number of rotatable bonds is 13. The molecular formula is C25H33N3O5. The molecule has 3 rings (SSSR count). The molecule has 0 unspecified atom stereocenters. The summed E-state index contributed by atoms with van der Waals surface area (Å²) in [5.41, 5.74) is 2.69. The highest BCUT2D eigenvalue weighted by Crippen LogP contribution is 2.32. The fourth-order valence-corrected chi connectivity index (χ4v) is 3.55. The zero-order valence-electron chi connectivity index (χ0n) is 19.7. The minimum atomic E-state index is -0.609. The van der Waals surface area contributed by atoms with Gasteiger partial charge in [0.05, 0.1) is 43.4 Å². The van der Waals surface area contributed by atoms with Gasteiger partial charge in [-0.05, 0) is 43.3 Å². The summed E-state index contributed by atoms with van der Waals surface area (Å²) in [6.45, 7) is 4.40. The first kappa shape index (κ1) is 24.7. The third-order valence-corrected chi connectivity index (χ3v) is 5.23. The van der Waals surface area contributed by atoms with Crippen molar-refractivity contribution in [2.75, 3.05) is 47.6 Å². The van der Waals surface area contributed by atoms with Crippen LogP contribution in [0.25, 0.3) is 5.69 Å². The van der Waals surface area contributed by atoms with Gasteiger partial charge < -0.3 is 24.1 Å². The fraction of sp³-hybridized carbons (Fsp3) is 0.400. The summed E-state index contributed by atoms with van der Waals surface area (Å²) < 4.78 is 23.8. The summed E-state index contributed by atoms with van der Waals surface area (Å²) >= 11 is 0. The maximum absolute atomic E-state index is 10.3.